The van der Waals surface area contributed by atoms with Crippen molar-refractivity contribution in [2.75, 3.05) is 5.75 Å². The number of halogens is 1. The lowest BCUT2D eigenvalue weighted by Crippen LogP contribution is -2.50. The van der Waals surface area contributed by atoms with Crippen LogP contribution in [0.1, 0.15) is 38.1 Å². The molecule has 5 rings (SSSR count). The summed E-state index contributed by atoms with van der Waals surface area (Å²) in [7, 11) is 0. The Kier molecular flexibility index (Phi) is 6.80. The third-order valence-electron chi connectivity index (χ3n) is 5.81. The molecule has 2 aliphatic rings. The molecule has 0 radical (unpaired) electrons. The van der Waals surface area contributed by atoms with E-state index in [1.54, 1.807) is 23.2 Å². The average Bonchev–Trinajstić information content (AvgIpc) is 3.35. The van der Waals surface area contributed by atoms with Gasteiger partial charge in [0, 0.05) is 28.7 Å². The van der Waals surface area contributed by atoms with E-state index in [1.807, 2.05) is 24.3 Å². The summed E-state index contributed by atoms with van der Waals surface area (Å²) in [5, 5.41) is 22.4. The van der Waals surface area contributed by atoms with Gasteiger partial charge in [-0.15, -0.1) is 5.10 Å². The molecule has 0 saturated heterocycles. The zero-order valence-corrected chi connectivity index (χ0v) is 20.9. The van der Waals surface area contributed by atoms with Crippen molar-refractivity contribution in [2.24, 2.45) is 10.1 Å². The second kappa shape index (κ2) is 10.2. The van der Waals surface area contributed by atoms with Crippen LogP contribution >= 0.6 is 23.4 Å². The number of amides is 1. The van der Waals surface area contributed by atoms with Gasteiger partial charge < -0.3 is 4.42 Å². The van der Waals surface area contributed by atoms with Crippen LogP contribution in [-0.2, 0) is 4.79 Å². The number of rotatable bonds is 7. The molecular weight excluding hydrogens is 502 g/mol. The number of benzene rings is 2. The van der Waals surface area contributed by atoms with Gasteiger partial charge >= 0.3 is 0 Å². The number of fused-ring (bicyclic) bond motifs is 2. The van der Waals surface area contributed by atoms with E-state index >= 15 is 0 Å². The van der Waals surface area contributed by atoms with Crippen molar-refractivity contribution >= 4 is 45.8 Å². The van der Waals surface area contributed by atoms with Gasteiger partial charge in [-0.2, -0.15) is 0 Å². The fraction of sp³-hybridized carbons (Fsp3) is 0.240. The van der Waals surface area contributed by atoms with Crippen LogP contribution < -0.4 is 15.9 Å². The average molecular weight is 524 g/mol. The maximum Gasteiger partial charge on any atom is 0.276 e. The van der Waals surface area contributed by atoms with Crippen LogP contribution in [0.25, 0.3) is 17.0 Å². The predicted molar refractivity (Wildman–Crippen MR) is 139 cm³/mol. The van der Waals surface area contributed by atoms with Crippen LogP contribution in [0.3, 0.4) is 0 Å². The van der Waals surface area contributed by atoms with Crippen molar-refractivity contribution in [3.63, 3.8) is 0 Å². The molecule has 3 aromatic rings. The number of nitro groups is 1. The fourth-order valence-electron chi connectivity index (χ4n) is 4.05. The van der Waals surface area contributed by atoms with Gasteiger partial charge in [-0.05, 0) is 30.7 Å². The molecule has 0 bridgehead atoms. The van der Waals surface area contributed by atoms with E-state index in [0.717, 1.165) is 25.0 Å². The maximum atomic E-state index is 13.2. The Labute approximate surface area is 215 Å². The summed E-state index contributed by atoms with van der Waals surface area (Å²) in [5.74, 6) is 1.48. The number of carbonyl (C=O) groups excluding carboxylic acids is 1. The zero-order valence-electron chi connectivity index (χ0n) is 19.3. The Hall–Kier alpha value is -3.63. The standard InChI is InChI=1S/C25H22ClN5O4S/c1-2-3-6-13-36-25-28-24(32)22-17-7-4-5-8-19(17)27-23(30(22)29-25)21-12-11-20(35-21)16-10-9-15(31(33)34)14-18(16)26/h4-5,7-12,14,23H,2-3,6,13H2,1H3,(H,28,29,32). The first-order chi connectivity index (χ1) is 17.5. The van der Waals surface area contributed by atoms with E-state index in [0.29, 0.717) is 38.5 Å². The first kappa shape index (κ1) is 24.1. The normalized spacial score (nSPS) is 16.6. The number of nitro benzene ring substituents is 1. The maximum absolute atomic E-state index is 13.2. The highest BCUT2D eigenvalue weighted by molar-refractivity contribution is 8.13. The fourth-order valence-corrected chi connectivity index (χ4v) is 5.17. The van der Waals surface area contributed by atoms with Crippen molar-refractivity contribution in [2.45, 2.75) is 32.4 Å². The van der Waals surface area contributed by atoms with E-state index in [9.17, 15) is 14.9 Å². The lowest BCUT2D eigenvalue weighted by atomic mass is 10.1. The Balaban J connectivity index is 1.53. The zero-order chi connectivity index (χ0) is 25.2. The summed E-state index contributed by atoms with van der Waals surface area (Å²) < 4.78 is 6.13. The van der Waals surface area contributed by atoms with Crippen molar-refractivity contribution in [3.05, 3.63) is 86.1 Å². The Morgan fingerprint density at radius 1 is 1.19 bits per heavy atom. The number of unbranched alkanes of at least 4 members (excludes halogenated alkanes) is 2. The SMILES string of the molecule is CCCCCSC1=NN2C(=c3ccccc3=NC2c2ccc(-c3ccc([N+](=O)[O-])cc3Cl)o2)C(=O)N1. The van der Waals surface area contributed by atoms with Crippen molar-refractivity contribution in [3.8, 4) is 11.3 Å². The van der Waals surface area contributed by atoms with Gasteiger partial charge in [-0.1, -0.05) is 61.3 Å². The number of furan rings is 1. The topological polar surface area (TPSA) is 113 Å². The Morgan fingerprint density at radius 2 is 2.03 bits per heavy atom. The molecule has 1 unspecified atom stereocenters. The number of hydrogen-bond donors (Lipinski definition) is 1. The molecule has 184 valence electrons. The molecule has 9 nitrogen and oxygen atoms in total. The second-order valence-electron chi connectivity index (χ2n) is 8.25. The number of carbonyl (C=O) groups is 1. The Morgan fingerprint density at radius 3 is 2.81 bits per heavy atom. The van der Waals surface area contributed by atoms with Crippen LogP contribution in [0, 0.1) is 10.1 Å². The lowest BCUT2D eigenvalue weighted by molar-refractivity contribution is -0.384. The summed E-state index contributed by atoms with van der Waals surface area (Å²) in [6, 6.07) is 15.1. The summed E-state index contributed by atoms with van der Waals surface area (Å²) in [5.41, 5.74) is 0.808. The molecule has 2 aromatic carbocycles. The second-order valence-corrected chi connectivity index (χ2v) is 9.74. The highest BCUT2D eigenvalue weighted by Gasteiger charge is 2.36. The highest BCUT2D eigenvalue weighted by atomic mass is 35.5. The minimum absolute atomic E-state index is 0.105. The molecule has 3 heterocycles. The first-order valence-electron chi connectivity index (χ1n) is 11.5. The molecule has 1 amide bonds. The van der Waals surface area contributed by atoms with Gasteiger partial charge in [-0.3, -0.25) is 20.2 Å². The van der Waals surface area contributed by atoms with Gasteiger partial charge in [0.15, 0.2) is 10.9 Å². The number of non-ortho nitro benzene ring substituents is 1. The first-order valence-corrected chi connectivity index (χ1v) is 12.9. The quantitative estimate of drug-likeness (QED) is 0.275. The van der Waals surface area contributed by atoms with Gasteiger partial charge in [-0.25, -0.2) is 10.0 Å². The minimum Gasteiger partial charge on any atom is -0.457 e. The molecule has 1 aromatic heterocycles. The molecule has 0 fully saturated rings. The van der Waals surface area contributed by atoms with Crippen LogP contribution in [0.4, 0.5) is 5.69 Å². The molecular formula is C25H22ClN5O4S. The van der Waals surface area contributed by atoms with Crippen LogP contribution in [0.2, 0.25) is 5.02 Å². The van der Waals surface area contributed by atoms with E-state index in [1.165, 1.54) is 23.9 Å². The lowest BCUT2D eigenvalue weighted by Gasteiger charge is -2.32. The van der Waals surface area contributed by atoms with E-state index in [2.05, 4.69) is 12.2 Å². The van der Waals surface area contributed by atoms with Crippen molar-refractivity contribution in [1.82, 2.24) is 10.3 Å². The summed E-state index contributed by atoms with van der Waals surface area (Å²) >= 11 is 7.81. The monoisotopic (exact) mass is 523 g/mol. The number of thioether (sulfide) groups is 1. The van der Waals surface area contributed by atoms with Gasteiger partial charge in [0.2, 0.25) is 6.17 Å². The van der Waals surface area contributed by atoms with Gasteiger partial charge in [0.05, 0.1) is 15.3 Å². The van der Waals surface area contributed by atoms with Crippen molar-refractivity contribution in [1.29, 1.82) is 0 Å². The molecule has 2 aliphatic heterocycles. The van der Waals surface area contributed by atoms with Crippen molar-refractivity contribution < 1.29 is 14.1 Å². The number of hydrogen-bond acceptors (Lipinski definition) is 8. The summed E-state index contributed by atoms with van der Waals surface area (Å²) in [4.78, 5) is 28.6. The molecule has 36 heavy (non-hydrogen) atoms. The van der Waals surface area contributed by atoms with Gasteiger partial charge in [0.25, 0.3) is 11.6 Å². The molecule has 0 spiro atoms. The number of amidine groups is 1. The highest BCUT2D eigenvalue weighted by Crippen LogP contribution is 2.37. The summed E-state index contributed by atoms with van der Waals surface area (Å²) in [6.07, 6.45) is 2.54. The van der Waals surface area contributed by atoms with Crippen LogP contribution in [-0.4, -0.2) is 26.8 Å². The van der Waals surface area contributed by atoms with E-state index in [4.69, 9.17) is 26.1 Å². The minimum atomic E-state index is -0.710. The number of nitrogens with one attached hydrogen (secondary N) is 1. The number of hydrazone groups is 1. The largest absolute Gasteiger partial charge is 0.457 e. The number of para-hydroxylation sites is 1. The molecule has 11 heteroatoms. The predicted octanol–water partition coefficient (Wildman–Crippen LogP) is 4.57. The van der Waals surface area contributed by atoms with E-state index in [-0.39, 0.29) is 16.6 Å². The molecule has 1 N–H and O–H groups in total. The third kappa shape index (κ3) is 4.61. The van der Waals surface area contributed by atoms with E-state index < -0.39 is 11.1 Å². The van der Waals surface area contributed by atoms with Gasteiger partial charge in [0.1, 0.15) is 11.5 Å². The molecule has 1 atom stereocenters. The molecule has 0 aliphatic carbocycles. The van der Waals surface area contributed by atoms with Crippen LogP contribution in [0.15, 0.2) is 69.1 Å². The Bertz CT molecular complexity index is 1500. The smallest absolute Gasteiger partial charge is 0.276 e. The van der Waals surface area contributed by atoms with Crippen LogP contribution in [0.5, 0.6) is 0 Å². The summed E-state index contributed by atoms with van der Waals surface area (Å²) in [6.45, 7) is 2.14. The molecule has 0 saturated carbocycles. The number of nitrogens with zero attached hydrogens (tertiary/aromatic N) is 4. The third-order valence-corrected chi connectivity index (χ3v) is 7.07.